The molecule has 0 aromatic carbocycles. The highest BCUT2D eigenvalue weighted by Gasteiger charge is 2.32. The number of carbonyl (C=O) groups is 1. The third-order valence-corrected chi connectivity index (χ3v) is 8.46. The minimum absolute atomic E-state index is 0.214. The Morgan fingerprint density at radius 1 is 0.944 bits per heavy atom. The van der Waals surface area contributed by atoms with Gasteiger partial charge in [-0.25, -0.2) is 4.98 Å². The molecule has 0 radical (unpaired) electrons. The molecule has 0 bridgehead atoms. The van der Waals surface area contributed by atoms with Crippen LogP contribution in [0.15, 0.2) is 12.3 Å². The van der Waals surface area contributed by atoms with Gasteiger partial charge in [0.2, 0.25) is 11.9 Å². The lowest BCUT2D eigenvalue weighted by Gasteiger charge is -2.41. The van der Waals surface area contributed by atoms with E-state index in [0.717, 1.165) is 89.6 Å². The molecule has 4 heterocycles. The van der Waals surface area contributed by atoms with Crippen LogP contribution in [0.4, 0.5) is 11.8 Å². The summed E-state index contributed by atoms with van der Waals surface area (Å²) >= 11 is 0. The maximum atomic E-state index is 13.3. The van der Waals surface area contributed by atoms with E-state index in [1.165, 1.54) is 44.9 Å². The number of anilines is 2. The fourth-order valence-corrected chi connectivity index (χ4v) is 6.50. The second kappa shape index (κ2) is 14.2. The average molecular weight is 499 g/mol. The number of likely N-dealkylation sites (tertiary alicyclic amines) is 2. The normalized spacial score (nSPS) is 24.4. The molecule has 3 aliphatic heterocycles. The van der Waals surface area contributed by atoms with Crippen molar-refractivity contribution < 1.29 is 4.79 Å². The highest BCUT2D eigenvalue weighted by atomic mass is 16.2. The molecule has 0 saturated carbocycles. The molecule has 1 aromatic heterocycles. The molecule has 7 nitrogen and oxygen atoms in total. The Bertz CT molecular complexity index is 790. The van der Waals surface area contributed by atoms with E-state index in [4.69, 9.17) is 4.98 Å². The number of rotatable bonds is 9. The second-order valence-electron chi connectivity index (χ2n) is 11.3. The Morgan fingerprint density at radius 2 is 1.69 bits per heavy atom. The van der Waals surface area contributed by atoms with E-state index in [1.54, 1.807) is 0 Å². The number of nitrogens with one attached hydrogen (secondary N) is 1. The summed E-state index contributed by atoms with van der Waals surface area (Å²) in [6.07, 6.45) is 17.2. The number of aromatic nitrogens is 2. The van der Waals surface area contributed by atoms with Crippen molar-refractivity contribution >= 4 is 17.7 Å². The van der Waals surface area contributed by atoms with Crippen LogP contribution in [0, 0.1) is 5.92 Å². The summed E-state index contributed by atoms with van der Waals surface area (Å²) in [4.78, 5) is 30.1. The predicted molar refractivity (Wildman–Crippen MR) is 148 cm³/mol. The Kier molecular flexibility index (Phi) is 10.7. The summed E-state index contributed by atoms with van der Waals surface area (Å²) in [5, 5.41) is 3.70. The zero-order valence-electron chi connectivity index (χ0n) is 23.0. The molecule has 0 spiro atoms. The summed E-state index contributed by atoms with van der Waals surface area (Å²) in [5.74, 6) is 2.46. The Hall–Kier alpha value is -1.89. The molecule has 3 saturated heterocycles. The molecule has 2 atom stereocenters. The van der Waals surface area contributed by atoms with E-state index < -0.39 is 0 Å². The summed E-state index contributed by atoms with van der Waals surface area (Å²) in [6.45, 7) is 10.6. The van der Waals surface area contributed by atoms with Crippen molar-refractivity contribution in [1.82, 2.24) is 19.8 Å². The highest BCUT2D eigenvalue weighted by molar-refractivity contribution is 5.79. The molecule has 3 aliphatic rings. The summed E-state index contributed by atoms with van der Waals surface area (Å²) in [7, 11) is 0. The average Bonchev–Trinajstić information content (AvgIpc) is 3.32. The van der Waals surface area contributed by atoms with Crippen LogP contribution in [0.1, 0.15) is 97.3 Å². The number of carbonyl (C=O) groups excluding carboxylic acids is 1. The smallest absolute Gasteiger partial charge is 0.225 e. The fourth-order valence-electron chi connectivity index (χ4n) is 6.50. The zero-order valence-corrected chi connectivity index (χ0v) is 23.0. The van der Waals surface area contributed by atoms with Crippen LogP contribution >= 0.6 is 0 Å². The maximum Gasteiger partial charge on any atom is 0.225 e. The molecule has 7 heteroatoms. The molecule has 3 fully saturated rings. The van der Waals surface area contributed by atoms with Crippen LogP contribution in [0.2, 0.25) is 0 Å². The SMILES string of the molecule is CCCC(CCC)C(=O)N1CCCC(N2CCCCC(Nc3nccc(N4CCCCCC4)n3)C2)C1. The van der Waals surface area contributed by atoms with E-state index in [9.17, 15) is 4.79 Å². The largest absolute Gasteiger partial charge is 0.356 e. The van der Waals surface area contributed by atoms with Gasteiger partial charge in [-0.2, -0.15) is 4.98 Å². The summed E-state index contributed by atoms with van der Waals surface area (Å²) in [6, 6.07) is 2.89. The molecule has 0 aliphatic carbocycles. The van der Waals surface area contributed by atoms with Crippen molar-refractivity contribution in [3.63, 3.8) is 0 Å². The Labute approximate surface area is 219 Å². The van der Waals surface area contributed by atoms with Crippen molar-refractivity contribution in [2.24, 2.45) is 5.92 Å². The van der Waals surface area contributed by atoms with Crippen LogP contribution in [-0.4, -0.2) is 77.0 Å². The maximum absolute atomic E-state index is 13.3. The first-order chi connectivity index (χ1) is 17.7. The highest BCUT2D eigenvalue weighted by Crippen LogP contribution is 2.25. The van der Waals surface area contributed by atoms with Crippen molar-refractivity contribution in [3.05, 3.63) is 12.3 Å². The van der Waals surface area contributed by atoms with E-state index in [1.807, 2.05) is 6.20 Å². The monoisotopic (exact) mass is 498 g/mol. The van der Waals surface area contributed by atoms with E-state index in [0.29, 0.717) is 18.0 Å². The standard InChI is InChI=1S/C29H50N6O/c1-3-12-24(13-4-2)28(36)35-21-11-15-26(23-35)34-20-10-7-14-25(22-34)31-29-30-17-16-27(32-29)33-18-8-5-6-9-19-33/h16-17,24-26H,3-15,18-23H2,1-2H3,(H,30,31,32). The number of amides is 1. The van der Waals surface area contributed by atoms with Crippen LogP contribution < -0.4 is 10.2 Å². The van der Waals surface area contributed by atoms with Crippen LogP contribution in [0.5, 0.6) is 0 Å². The van der Waals surface area contributed by atoms with Crippen molar-refractivity contribution in [1.29, 1.82) is 0 Å². The van der Waals surface area contributed by atoms with E-state index in [-0.39, 0.29) is 5.92 Å². The Balaban J connectivity index is 1.36. The number of hydrogen-bond acceptors (Lipinski definition) is 6. The van der Waals surface area contributed by atoms with Gasteiger partial charge >= 0.3 is 0 Å². The zero-order chi connectivity index (χ0) is 25.2. The molecule has 1 amide bonds. The second-order valence-corrected chi connectivity index (χ2v) is 11.3. The van der Waals surface area contributed by atoms with Gasteiger partial charge in [0.25, 0.3) is 0 Å². The minimum Gasteiger partial charge on any atom is -0.356 e. The number of piperidine rings is 1. The number of nitrogens with zero attached hydrogens (tertiary/aromatic N) is 5. The van der Waals surface area contributed by atoms with Gasteiger partial charge in [0.15, 0.2) is 0 Å². The third kappa shape index (κ3) is 7.56. The van der Waals surface area contributed by atoms with Crippen molar-refractivity contribution in [2.75, 3.05) is 49.5 Å². The molecule has 1 N–H and O–H groups in total. The minimum atomic E-state index is 0.214. The molecule has 36 heavy (non-hydrogen) atoms. The predicted octanol–water partition coefficient (Wildman–Crippen LogP) is 5.33. The van der Waals surface area contributed by atoms with Gasteiger partial charge in [0.1, 0.15) is 5.82 Å². The van der Waals surface area contributed by atoms with Gasteiger partial charge in [0.05, 0.1) is 0 Å². The van der Waals surface area contributed by atoms with Crippen molar-refractivity contribution in [2.45, 2.75) is 109 Å². The van der Waals surface area contributed by atoms with Crippen LogP contribution in [0.25, 0.3) is 0 Å². The van der Waals surface area contributed by atoms with Gasteiger partial charge in [-0.1, -0.05) is 46.0 Å². The van der Waals surface area contributed by atoms with Crippen molar-refractivity contribution in [3.8, 4) is 0 Å². The topological polar surface area (TPSA) is 64.6 Å². The third-order valence-electron chi connectivity index (χ3n) is 8.46. The van der Waals surface area contributed by atoms with Gasteiger partial charge in [0, 0.05) is 56.9 Å². The first-order valence-electron chi connectivity index (χ1n) is 15.0. The molecule has 1 aromatic rings. The van der Waals surface area contributed by atoms with Gasteiger partial charge in [-0.3, -0.25) is 9.69 Å². The lowest BCUT2D eigenvalue weighted by atomic mass is 9.94. The fraction of sp³-hybridized carbons (Fsp3) is 0.828. The number of hydrogen-bond donors (Lipinski definition) is 1. The van der Waals surface area contributed by atoms with E-state index >= 15 is 0 Å². The lowest BCUT2D eigenvalue weighted by Crippen LogP contribution is -2.52. The van der Waals surface area contributed by atoms with Crippen LogP contribution in [0.3, 0.4) is 0 Å². The van der Waals surface area contributed by atoms with Crippen LogP contribution in [-0.2, 0) is 4.79 Å². The van der Waals surface area contributed by atoms with Gasteiger partial charge in [-0.05, 0) is 64.0 Å². The summed E-state index contributed by atoms with van der Waals surface area (Å²) in [5.41, 5.74) is 0. The quantitative estimate of drug-likeness (QED) is 0.496. The Morgan fingerprint density at radius 3 is 2.44 bits per heavy atom. The molecular weight excluding hydrogens is 448 g/mol. The molecule has 2 unspecified atom stereocenters. The molecular formula is C29H50N6O. The summed E-state index contributed by atoms with van der Waals surface area (Å²) < 4.78 is 0. The van der Waals surface area contributed by atoms with Gasteiger partial charge < -0.3 is 15.1 Å². The van der Waals surface area contributed by atoms with E-state index in [2.05, 4.69) is 44.9 Å². The molecule has 4 rings (SSSR count). The first-order valence-corrected chi connectivity index (χ1v) is 15.0. The first kappa shape index (κ1) is 27.2. The molecule has 202 valence electrons. The lowest BCUT2D eigenvalue weighted by molar-refractivity contribution is -0.138. The van der Waals surface area contributed by atoms with Gasteiger partial charge in [-0.15, -0.1) is 0 Å².